The Kier molecular flexibility index (Phi) is 5.87. The molecule has 158 valence electrons. The van der Waals surface area contributed by atoms with Gasteiger partial charge in [-0.15, -0.1) is 0 Å². The molecule has 1 aliphatic heterocycles. The lowest BCUT2D eigenvalue weighted by atomic mass is 9.92. The minimum Gasteiger partial charge on any atom is -0.348 e. The summed E-state index contributed by atoms with van der Waals surface area (Å²) in [5, 5.41) is 5.23. The number of hydrogen-bond donors (Lipinski definition) is 2. The quantitative estimate of drug-likeness (QED) is 0.712. The zero-order chi connectivity index (χ0) is 22.1. The van der Waals surface area contributed by atoms with Crippen molar-refractivity contribution in [2.45, 2.75) is 38.8 Å². The largest absolute Gasteiger partial charge is 0.348 e. The number of urea groups is 1. The number of carbonyl (C=O) groups excluding carboxylic acids is 3. The number of nitrogens with one attached hydrogen (secondary N) is 2. The number of benzene rings is 2. The Bertz CT molecular complexity index is 994. The zero-order valence-corrected chi connectivity index (χ0v) is 17.0. The SMILES string of the molecule is CCc1ccc(C(C)NC(=O)CN2C(=O)NC(C)(c3ccc(F)c(F)c3)C2=O)cc1. The van der Waals surface area contributed by atoms with Gasteiger partial charge in [-0.1, -0.05) is 37.3 Å². The Labute approximate surface area is 173 Å². The maximum Gasteiger partial charge on any atom is 0.325 e. The maximum atomic E-state index is 13.6. The molecule has 2 aromatic rings. The fraction of sp³-hybridized carbons (Fsp3) is 0.318. The lowest BCUT2D eigenvalue weighted by Gasteiger charge is -2.22. The lowest BCUT2D eigenvalue weighted by Crippen LogP contribution is -2.43. The summed E-state index contributed by atoms with van der Waals surface area (Å²) in [7, 11) is 0. The summed E-state index contributed by atoms with van der Waals surface area (Å²) in [4.78, 5) is 38.4. The van der Waals surface area contributed by atoms with Crippen LogP contribution in [0, 0.1) is 11.6 Å². The molecule has 1 fully saturated rings. The molecule has 1 saturated heterocycles. The van der Waals surface area contributed by atoms with Gasteiger partial charge < -0.3 is 10.6 Å². The van der Waals surface area contributed by atoms with Crippen LogP contribution in [0.1, 0.15) is 43.5 Å². The molecule has 30 heavy (non-hydrogen) atoms. The van der Waals surface area contributed by atoms with Gasteiger partial charge in [-0.25, -0.2) is 13.6 Å². The van der Waals surface area contributed by atoms with Gasteiger partial charge in [0.2, 0.25) is 5.91 Å². The minimum absolute atomic E-state index is 0.0899. The van der Waals surface area contributed by atoms with Crippen molar-refractivity contribution < 1.29 is 23.2 Å². The van der Waals surface area contributed by atoms with E-state index in [1.54, 1.807) is 6.92 Å². The van der Waals surface area contributed by atoms with E-state index in [2.05, 4.69) is 10.6 Å². The molecule has 0 bridgehead atoms. The average Bonchev–Trinajstić information content (AvgIpc) is 2.94. The average molecular weight is 415 g/mol. The third-order valence-electron chi connectivity index (χ3n) is 5.34. The zero-order valence-electron chi connectivity index (χ0n) is 17.0. The van der Waals surface area contributed by atoms with Crippen molar-refractivity contribution in [1.82, 2.24) is 15.5 Å². The highest BCUT2D eigenvalue weighted by molar-refractivity contribution is 6.09. The third kappa shape index (κ3) is 4.03. The number of aryl methyl sites for hydroxylation is 1. The summed E-state index contributed by atoms with van der Waals surface area (Å²) in [5.74, 6) is -3.42. The molecule has 6 nitrogen and oxygen atoms in total. The molecule has 3 rings (SSSR count). The van der Waals surface area contributed by atoms with E-state index in [1.165, 1.54) is 18.6 Å². The molecule has 2 aromatic carbocycles. The fourth-order valence-corrected chi connectivity index (χ4v) is 3.40. The van der Waals surface area contributed by atoms with Gasteiger partial charge in [0.05, 0.1) is 6.04 Å². The van der Waals surface area contributed by atoms with E-state index in [0.29, 0.717) is 0 Å². The molecule has 0 aromatic heterocycles. The summed E-state index contributed by atoms with van der Waals surface area (Å²) in [6.07, 6.45) is 0.907. The van der Waals surface area contributed by atoms with Crippen LogP contribution in [-0.4, -0.2) is 29.3 Å². The summed E-state index contributed by atoms with van der Waals surface area (Å²) >= 11 is 0. The highest BCUT2D eigenvalue weighted by Gasteiger charge is 2.49. The molecular formula is C22H23F2N3O3. The molecule has 2 unspecified atom stereocenters. The Hall–Kier alpha value is -3.29. The number of halogens is 2. The van der Waals surface area contributed by atoms with Crippen molar-refractivity contribution >= 4 is 17.8 Å². The molecule has 1 aliphatic rings. The van der Waals surface area contributed by atoms with E-state index in [1.807, 2.05) is 31.2 Å². The fourth-order valence-electron chi connectivity index (χ4n) is 3.40. The molecule has 1 heterocycles. The predicted octanol–water partition coefficient (Wildman–Crippen LogP) is 3.17. The molecular weight excluding hydrogens is 392 g/mol. The number of nitrogens with zero attached hydrogens (tertiary/aromatic N) is 1. The first kappa shape index (κ1) is 21.4. The highest BCUT2D eigenvalue weighted by atomic mass is 19.2. The van der Waals surface area contributed by atoms with Gasteiger partial charge in [0.1, 0.15) is 12.1 Å². The number of amides is 4. The predicted molar refractivity (Wildman–Crippen MR) is 106 cm³/mol. The van der Waals surface area contributed by atoms with Crippen LogP contribution in [0.15, 0.2) is 42.5 Å². The summed E-state index contributed by atoms with van der Waals surface area (Å²) in [5.41, 5.74) is 0.567. The van der Waals surface area contributed by atoms with Crippen molar-refractivity contribution in [3.63, 3.8) is 0 Å². The van der Waals surface area contributed by atoms with Gasteiger partial charge in [0, 0.05) is 0 Å². The van der Waals surface area contributed by atoms with Crippen molar-refractivity contribution in [2.75, 3.05) is 6.54 Å². The maximum absolute atomic E-state index is 13.6. The Morgan fingerprint density at radius 2 is 1.80 bits per heavy atom. The standard InChI is InChI=1S/C22H23F2N3O3/c1-4-14-5-7-15(8-6-14)13(2)25-19(28)12-27-20(29)22(3,26-21(27)30)16-9-10-17(23)18(24)11-16/h5-11,13H,4,12H2,1-3H3,(H,25,28)(H,26,30). The second kappa shape index (κ2) is 8.22. The molecule has 0 aliphatic carbocycles. The molecule has 0 saturated carbocycles. The minimum atomic E-state index is -1.59. The topological polar surface area (TPSA) is 78.5 Å². The Morgan fingerprint density at radius 1 is 1.13 bits per heavy atom. The first-order valence-corrected chi connectivity index (χ1v) is 9.63. The van der Waals surface area contributed by atoms with Gasteiger partial charge in [-0.3, -0.25) is 14.5 Å². The Morgan fingerprint density at radius 3 is 2.40 bits per heavy atom. The van der Waals surface area contributed by atoms with Gasteiger partial charge in [0.15, 0.2) is 11.6 Å². The van der Waals surface area contributed by atoms with Crippen molar-refractivity contribution in [2.24, 2.45) is 0 Å². The number of imide groups is 1. The number of carbonyl (C=O) groups is 3. The number of rotatable bonds is 6. The van der Waals surface area contributed by atoms with Gasteiger partial charge in [-0.05, 0) is 49.1 Å². The van der Waals surface area contributed by atoms with Crippen LogP contribution in [0.2, 0.25) is 0 Å². The van der Waals surface area contributed by atoms with Gasteiger partial charge >= 0.3 is 6.03 Å². The smallest absolute Gasteiger partial charge is 0.325 e. The van der Waals surface area contributed by atoms with Crippen molar-refractivity contribution in [1.29, 1.82) is 0 Å². The molecule has 8 heteroatoms. The van der Waals surface area contributed by atoms with Crippen LogP contribution in [-0.2, 0) is 21.5 Å². The normalized spacial score (nSPS) is 19.6. The second-order valence-corrected chi connectivity index (χ2v) is 7.46. The Balaban J connectivity index is 1.70. The van der Waals surface area contributed by atoms with Crippen LogP contribution in [0.4, 0.5) is 13.6 Å². The van der Waals surface area contributed by atoms with Crippen LogP contribution >= 0.6 is 0 Å². The molecule has 4 amide bonds. The van der Waals surface area contributed by atoms with E-state index in [4.69, 9.17) is 0 Å². The van der Waals surface area contributed by atoms with Gasteiger partial charge in [-0.2, -0.15) is 0 Å². The van der Waals surface area contributed by atoms with E-state index < -0.39 is 41.6 Å². The van der Waals surface area contributed by atoms with Crippen LogP contribution in [0.25, 0.3) is 0 Å². The summed E-state index contributed by atoms with van der Waals surface area (Å²) in [6, 6.07) is 9.65. The lowest BCUT2D eigenvalue weighted by molar-refractivity contribution is -0.135. The monoisotopic (exact) mass is 415 g/mol. The van der Waals surface area contributed by atoms with Crippen molar-refractivity contribution in [3.8, 4) is 0 Å². The molecule has 2 atom stereocenters. The van der Waals surface area contributed by atoms with Crippen molar-refractivity contribution in [3.05, 3.63) is 70.8 Å². The third-order valence-corrected chi connectivity index (χ3v) is 5.34. The molecule has 0 spiro atoms. The number of hydrogen-bond acceptors (Lipinski definition) is 3. The summed E-state index contributed by atoms with van der Waals surface area (Å²) < 4.78 is 26.8. The summed E-state index contributed by atoms with van der Waals surface area (Å²) in [6.45, 7) is 4.75. The first-order chi connectivity index (χ1) is 14.2. The molecule has 0 radical (unpaired) electrons. The van der Waals surface area contributed by atoms with Crippen LogP contribution < -0.4 is 10.6 Å². The van der Waals surface area contributed by atoms with E-state index in [-0.39, 0.29) is 11.6 Å². The van der Waals surface area contributed by atoms with E-state index >= 15 is 0 Å². The highest BCUT2D eigenvalue weighted by Crippen LogP contribution is 2.29. The van der Waals surface area contributed by atoms with E-state index in [0.717, 1.165) is 29.0 Å². The molecule has 2 N–H and O–H groups in total. The second-order valence-electron chi connectivity index (χ2n) is 7.46. The first-order valence-electron chi connectivity index (χ1n) is 9.63. The van der Waals surface area contributed by atoms with Crippen LogP contribution in [0.3, 0.4) is 0 Å². The van der Waals surface area contributed by atoms with Crippen LogP contribution in [0.5, 0.6) is 0 Å². The van der Waals surface area contributed by atoms with Gasteiger partial charge in [0.25, 0.3) is 5.91 Å². The van der Waals surface area contributed by atoms with E-state index in [9.17, 15) is 23.2 Å².